The summed E-state index contributed by atoms with van der Waals surface area (Å²) in [6, 6.07) is 0. The molecule has 3 N–H and O–H groups in total. The van der Waals surface area contributed by atoms with E-state index in [0.717, 1.165) is 25.9 Å². The number of hydrogen-bond acceptors (Lipinski definition) is 4. The van der Waals surface area contributed by atoms with Crippen molar-refractivity contribution in [3.8, 4) is 0 Å². The lowest BCUT2D eigenvalue weighted by Crippen LogP contribution is -2.37. The van der Waals surface area contributed by atoms with E-state index in [1.54, 1.807) is 0 Å². The Labute approximate surface area is 96.6 Å². The maximum atomic E-state index is 11.3. The Morgan fingerprint density at radius 3 is 2.88 bits per heavy atom. The van der Waals surface area contributed by atoms with Gasteiger partial charge in [-0.3, -0.25) is 4.79 Å². The average molecular weight is 230 g/mol. The molecular formula is C11H22N2O3. The van der Waals surface area contributed by atoms with E-state index in [0.29, 0.717) is 13.0 Å². The first kappa shape index (κ1) is 13.4. The van der Waals surface area contributed by atoms with Gasteiger partial charge in [0.05, 0.1) is 12.2 Å². The Kier molecular flexibility index (Phi) is 6.37. The SMILES string of the molecule is CCC(O)CNC(=O)COC1CCNCC1. The summed E-state index contributed by atoms with van der Waals surface area (Å²) < 4.78 is 5.48. The number of carbonyl (C=O) groups excluding carboxylic acids is 1. The molecule has 0 aromatic carbocycles. The van der Waals surface area contributed by atoms with E-state index >= 15 is 0 Å². The Hall–Kier alpha value is -0.650. The number of piperidine rings is 1. The zero-order valence-electron chi connectivity index (χ0n) is 9.87. The number of nitrogens with one attached hydrogen (secondary N) is 2. The van der Waals surface area contributed by atoms with Crippen LogP contribution in [0.5, 0.6) is 0 Å². The molecule has 1 aliphatic rings. The van der Waals surface area contributed by atoms with Crippen LogP contribution in [0.4, 0.5) is 0 Å². The van der Waals surface area contributed by atoms with E-state index in [4.69, 9.17) is 4.74 Å². The highest BCUT2D eigenvalue weighted by Gasteiger charge is 2.14. The first-order chi connectivity index (χ1) is 7.72. The van der Waals surface area contributed by atoms with Gasteiger partial charge in [0.15, 0.2) is 0 Å². The molecule has 0 bridgehead atoms. The lowest BCUT2D eigenvalue weighted by atomic mass is 10.1. The van der Waals surface area contributed by atoms with Crippen molar-refractivity contribution in [2.24, 2.45) is 0 Å². The third-order valence-electron chi connectivity index (χ3n) is 2.74. The molecule has 1 amide bonds. The van der Waals surface area contributed by atoms with Gasteiger partial charge in [-0.05, 0) is 32.4 Å². The fourth-order valence-electron chi connectivity index (χ4n) is 1.58. The largest absolute Gasteiger partial charge is 0.391 e. The van der Waals surface area contributed by atoms with Crippen LogP contribution in [0.3, 0.4) is 0 Å². The van der Waals surface area contributed by atoms with Gasteiger partial charge in [-0.2, -0.15) is 0 Å². The highest BCUT2D eigenvalue weighted by atomic mass is 16.5. The first-order valence-electron chi connectivity index (χ1n) is 5.99. The van der Waals surface area contributed by atoms with E-state index in [1.165, 1.54) is 0 Å². The summed E-state index contributed by atoms with van der Waals surface area (Å²) in [4.78, 5) is 11.3. The molecule has 5 heteroatoms. The minimum atomic E-state index is -0.456. The van der Waals surface area contributed by atoms with Crippen LogP contribution in [-0.2, 0) is 9.53 Å². The first-order valence-corrected chi connectivity index (χ1v) is 5.99. The Morgan fingerprint density at radius 2 is 2.25 bits per heavy atom. The van der Waals surface area contributed by atoms with Gasteiger partial charge >= 0.3 is 0 Å². The van der Waals surface area contributed by atoms with Gasteiger partial charge in [0, 0.05) is 6.54 Å². The van der Waals surface area contributed by atoms with Gasteiger partial charge in [0.25, 0.3) is 0 Å². The molecule has 1 heterocycles. The van der Waals surface area contributed by atoms with Crippen LogP contribution in [0.15, 0.2) is 0 Å². The van der Waals surface area contributed by atoms with Gasteiger partial charge in [0.1, 0.15) is 6.61 Å². The zero-order chi connectivity index (χ0) is 11.8. The molecule has 94 valence electrons. The van der Waals surface area contributed by atoms with Crippen molar-refractivity contribution < 1.29 is 14.6 Å². The molecule has 1 aliphatic heterocycles. The van der Waals surface area contributed by atoms with Crippen molar-refractivity contribution in [1.82, 2.24) is 10.6 Å². The second-order valence-electron chi connectivity index (χ2n) is 4.13. The summed E-state index contributed by atoms with van der Waals surface area (Å²) in [6.45, 7) is 4.20. The minimum Gasteiger partial charge on any atom is -0.391 e. The molecule has 0 aromatic heterocycles. The Morgan fingerprint density at radius 1 is 1.56 bits per heavy atom. The molecule has 0 radical (unpaired) electrons. The van der Waals surface area contributed by atoms with Crippen LogP contribution in [0.2, 0.25) is 0 Å². The zero-order valence-corrected chi connectivity index (χ0v) is 9.87. The van der Waals surface area contributed by atoms with Crippen LogP contribution in [-0.4, -0.2) is 49.5 Å². The standard InChI is InChI=1S/C11H22N2O3/c1-2-9(14)7-13-11(15)8-16-10-3-5-12-6-4-10/h9-10,12,14H,2-8H2,1H3,(H,13,15). The second-order valence-corrected chi connectivity index (χ2v) is 4.13. The van der Waals surface area contributed by atoms with Crippen LogP contribution in [0, 0.1) is 0 Å². The topological polar surface area (TPSA) is 70.6 Å². The smallest absolute Gasteiger partial charge is 0.246 e. The Balaban J connectivity index is 2.05. The molecule has 1 atom stereocenters. The molecule has 0 spiro atoms. The van der Waals surface area contributed by atoms with Crippen LogP contribution in [0.25, 0.3) is 0 Å². The van der Waals surface area contributed by atoms with Gasteiger partial charge in [-0.25, -0.2) is 0 Å². The normalized spacial score (nSPS) is 19.4. The molecule has 0 aliphatic carbocycles. The lowest BCUT2D eigenvalue weighted by Gasteiger charge is -2.22. The van der Waals surface area contributed by atoms with Crippen LogP contribution >= 0.6 is 0 Å². The number of hydrogen-bond donors (Lipinski definition) is 3. The summed E-state index contributed by atoms with van der Waals surface area (Å²) >= 11 is 0. The third-order valence-corrected chi connectivity index (χ3v) is 2.74. The molecule has 1 unspecified atom stereocenters. The maximum Gasteiger partial charge on any atom is 0.246 e. The highest BCUT2D eigenvalue weighted by Crippen LogP contribution is 2.06. The number of aliphatic hydroxyl groups is 1. The summed E-state index contributed by atoms with van der Waals surface area (Å²) in [5.41, 5.74) is 0. The van der Waals surface area contributed by atoms with Crippen molar-refractivity contribution >= 4 is 5.91 Å². The van der Waals surface area contributed by atoms with E-state index in [9.17, 15) is 9.90 Å². The molecule has 0 saturated carbocycles. The van der Waals surface area contributed by atoms with Crippen molar-refractivity contribution in [2.75, 3.05) is 26.2 Å². The van der Waals surface area contributed by atoms with Crippen molar-refractivity contribution in [3.63, 3.8) is 0 Å². The predicted octanol–water partition coefficient (Wildman–Crippen LogP) is -0.358. The summed E-state index contributed by atoms with van der Waals surface area (Å²) in [7, 11) is 0. The van der Waals surface area contributed by atoms with Gasteiger partial charge in [-0.15, -0.1) is 0 Å². The molecule has 16 heavy (non-hydrogen) atoms. The summed E-state index contributed by atoms with van der Waals surface area (Å²) in [5.74, 6) is -0.147. The predicted molar refractivity (Wildman–Crippen MR) is 61.2 cm³/mol. The van der Waals surface area contributed by atoms with Crippen LogP contribution < -0.4 is 10.6 Å². The quantitative estimate of drug-likeness (QED) is 0.583. The summed E-state index contributed by atoms with van der Waals surface area (Å²) in [6.07, 6.45) is 2.32. The third kappa shape index (κ3) is 5.44. The van der Waals surface area contributed by atoms with Gasteiger partial charge in [0.2, 0.25) is 5.91 Å². The van der Waals surface area contributed by atoms with Crippen molar-refractivity contribution in [1.29, 1.82) is 0 Å². The number of amides is 1. The molecular weight excluding hydrogens is 208 g/mol. The molecule has 5 nitrogen and oxygen atoms in total. The number of carbonyl (C=O) groups is 1. The van der Waals surface area contributed by atoms with E-state index in [2.05, 4.69) is 10.6 Å². The van der Waals surface area contributed by atoms with Crippen LogP contribution in [0.1, 0.15) is 26.2 Å². The highest BCUT2D eigenvalue weighted by molar-refractivity contribution is 5.77. The number of ether oxygens (including phenoxy) is 1. The average Bonchev–Trinajstić information content (AvgIpc) is 2.34. The number of aliphatic hydroxyl groups excluding tert-OH is 1. The van der Waals surface area contributed by atoms with Crippen molar-refractivity contribution in [3.05, 3.63) is 0 Å². The molecule has 1 rings (SSSR count). The van der Waals surface area contributed by atoms with E-state index < -0.39 is 6.10 Å². The fourth-order valence-corrected chi connectivity index (χ4v) is 1.58. The van der Waals surface area contributed by atoms with Gasteiger partial charge < -0.3 is 20.5 Å². The molecule has 0 aromatic rings. The maximum absolute atomic E-state index is 11.3. The number of rotatable bonds is 6. The Bertz CT molecular complexity index is 205. The lowest BCUT2D eigenvalue weighted by molar-refractivity contribution is -0.128. The van der Waals surface area contributed by atoms with Gasteiger partial charge in [-0.1, -0.05) is 6.92 Å². The molecule has 1 saturated heterocycles. The second kappa shape index (κ2) is 7.60. The monoisotopic (exact) mass is 230 g/mol. The van der Waals surface area contributed by atoms with Crippen molar-refractivity contribution in [2.45, 2.75) is 38.4 Å². The van der Waals surface area contributed by atoms with E-state index in [1.807, 2.05) is 6.92 Å². The fraction of sp³-hybridized carbons (Fsp3) is 0.909. The molecule has 1 fully saturated rings. The minimum absolute atomic E-state index is 0.0983. The van der Waals surface area contributed by atoms with E-state index in [-0.39, 0.29) is 18.6 Å². The summed E-state index contributed by atoms with van der Waals surface area (Å²) in [5, 5.41) is 15.1.